The highest BCUT2D eigenvalue weighted by Crippen LogP contribution is 2.18. The van der Waals surface area contributed by atoms with Gasteiger partial charge in [-0.15, -0.1) is 0 Å². The number of aromatic nitrogens is 1. The molecule has 0 aliphatic rings. The first kappa shape index (κ1) is 23.2. The third kappa shape index (κ3) is 6.07. The van der Waals surface area contributed by atoms with E-state index in [0.29, 0.717) is 24.3 Å². The number of nitrogens with zero attached hydrogens (tertiary/aromatic N) is 2. The Labute approximate surface area is 198 Å². The highest BCUT2D eigenvalue weighted by Gasteiger charge is 2.17. The van der Waals surface area contributed by atoms with Crippen LogP contribution in [0.25, 0.3) is 11.3 Å². The molecule has 0 saturated carbocycles. The first-order valence-corrected chi connectivity index (χ1v) is 11.4. The van der Waals surface area contributed by atoms with Crippen LogP contribution in [0.2, 0.25) is 0 Å². The average molecular weight is 455 g/mol. The summed E-state index contributed by atoms with van der Waals surface area (Å²) in [6.07, 6.45) is 1.46. The van der Waals surface area contributed by atoms with Crippen molar-refractivity contribution < 1.29 is 9.18 Å². The van der Waals surface area contributed by atoms with Crippen molar-refractivity contribution in [2.24, 2.45) is 0 Å². The first-order valence-electron chi connectivity index (χ1n) is 11.4. The minimum absolute atomic E-state index is 0.0734. The molecule has 1 aromatic heterocycles. The SMILES string of the molecule is O=C(Cn1c(-c2ccc(F)cc2)cccc1=O)N(CCc1ccccc1)CCc1ccccc1. The lowest BCUT2D eigenvalue weighted by atomic mass is 10.1. The molecule has 3 aromatic carbocycles. The summed E-state index contributed by atoms with van der Waals surface area (Å²) in [5.74, 6) is -0.471. The molecule has 34 heavy (non-hydrogen) atoms. The van der Waals surface area contributed by atoms with Gasteiger partial charge in [-0.3, -0.25) is 14.2 Å². The quantitative estimate of drug-likeness (QED) is 0.358. The van der Waals surface area contributed by atoms with Crippen LogP contribution < -0.4 is 5.56 Å². The van der Waals surface area contributed by atoms with Gasteiger partial charge in [0.25, 0.3) is 5.56 Å². The molecule has 0 atom stereocenters. The third-order valence-electron chi connectivity index (χ3n) is 5.86. The van der Waals surface area contributed by atoms with E-state index in [1.807, 2.05) is 65.6 Å². The van der Waals surface area contributed by atoms with Crippen LogP contribution in [0.15, 0.2) is 108 Å². The molecule has 1 heterocycles. The summed E-state index contributed by atoms with van der Waals surface area (Å²) in [5.41, 5.74) is 3.33. The molecular weight excluding hydrogens is 427 g/mol. The molecule has 0 aliphatic carbocycles. The Hall–Kier alpha value is -3.99. The number of pyridine rings is 1. The van der Waals surface area contributed by atoms with Crippen molar-refractivity contribution in [2.45, 2.75) is 19.4 Å². The summed E-state index contributed by atoms with van der Waals surface area (Å²) in [4.78, 5) is 28.0. The Bertz CT molecular complexity index is 1230. The first-order chi connectivity index (χ1) is 16.6. The number of carbonyl (C=O) groups is 1. The van der Waals surface area contributed by atoms with E-state index in [1.165, 1.54) is 22.8 Å². The number of rotatable bonds is 9. The van der Waals surface area contributed by atoms with E-state index in [2.05, 4.69) is 0 Å². The fraction of sp³-hybridized carbons (Fsp3) is 0.172. The van der Waals surface area contributed by atoms with Crippen LogP contribution >= 0.6 is 0 Å². The maximum absolute atomic E-state index is 13.5. The zero-order valence-electron chi connectivity index (χ0n) is 18.9. The van der Waals surface area contributed by atoms with E-state index in [4.69, 9.17) is 0 Å². The molecule has 0 N–H and O–H groups in total. The van der Waals surface area contributed by atoms with Crippen molar-refractivity contribution >= 4 is 5.91 Å². The average Bonchev–Trinajstić information content (AvgIpc) is 2.87. The van der Waals surface area contributed by atoms with Crippen LogP contribution in [0, 0.1) is 5.82 Å². The highest BCUT2D eigenvalue weighted by molar-refractivity contribution is 5.77. The van der Waals surface area contributed by atoms with Crippen LogP contribution in [0.5, 0.6) is 0 Å². The maximum atomic E-state index is 13.5. The Balaban J connectivity index is 1.56. The topological polar surface area (TPSA) is 42.3 Å². The number of amides is 1. The lowest BCUT2D eigenvalue weighted by Gasteiger charge is -2.24. The molecule has 5 heteroatoms. The number of hydrogen-bond donors (Lipinski definition) is 0. The molecule has 1 amide bonds. The van der Waals surface area contributed by atoms with E-state index in [-0.39, 0.29) is 23.8 Å². The summed E-state index contributed by atoms with van der Waals surface area (Å²) >= 11 is 0. The number of halogens is 1. The summed E-state index contributed by atoms with van der Waals surface area (Å²) < 4.78 is 14.9. The van der Waals surface area contributed by atoms with E-state index in [9.17, 15) is 14.0 Å². The van der Waals surface area contributed by atoms with E-state index >= 15 is 0 Å². The van der Waals surface area contributed by atoms with Gasteiger partial charge in [0.2, 0.25) is 5.91 Å². The van der Waals surface area contributed by atoms with Crippen LogP contribution in [0.1, 0.15) is 11.1 Å². The number of benzene rings is 3. The molecule has 0 bridgehead atoms. The molecule has 0 saturated heterocycles. The zero-order chi connectivity index (χ0) is 23.8. The second-order valence-corrected chi connectivity index (χ2v) is 8.19. The van der Waals surface area contributed by atoms with Crippen molar-refractivity contribution in [2.75, 3.05) is 13.1 Å². The van der Waals surface area contributed by atoms with Crippen LogP contribution in [0.4, 0.5) is 4.39 Å². The fourth-order valence-electron chi connectivity index (χ4n) is 3.97. The molecular formula is C29H27FN2O2. The van der Waals surface area contributed by atoms with Crippen LogP contribution in [0.3, 0.4) is 0 Å². The monoisotopic (exact) mass is 454 g/mol. The van der Waals surface area contributed by atoms with Crippen LogP contribution in [-0.2, 0) is 24.2 Å². The molecule has 0 radical (unpaired) electrons. The molecule has 4 rings (SSSR count). The van der Waals surface area contributed by atoms with Crippen molar-refractivity contribution in [1.29, 1.82) is 0 Å². The molecule has 0 fully saturated rings. The molecule has 172 valence electrons. The van der Waals surface area contributed by atoms with E-state index in [1.54, 1.807) is 24.3 Å². The minimum atomic E-state index is -0.349. The predicted molar refractivity (Wildman–Crippen MR) is 133 cm³/mol. The molecule has 0 aliphatic heterocycles. The summed E-state index contributed by atoms with van der Waals surface area (Å²) in [6, 6.07) is 30.9. The Morgan fingerprint density at radius 2 is 1.26 bits per heavy atom. The molecule has 0 unspecified atom stereocenters. The number of carbonyl (C=O) groups excluding carboxylic acids is 1. The van der Waals surface area contributed by atoms with Gasteiger partial charge in [0.05, 0.1) is 5.69 Å². The van der Waals surface area contributed by atoms with E-state index in [0.717, 1.165) is 24.0 Å². The molecule has 4 aromatic rings. The van der Waals surface area contributed by atoms with Crippen molar-refractivity contribution in [3.8, 4) is 11.3 Å². The predicted octanol–water partition coefficient (Wildman–Crippen LogP) is 4.97. The maximum Gasteiger partial charge on any atom is 0.251 e. The van der Waals surface area contributed by atoms with Gasteiger partial charge < -0.3 is 4.90 Å². The Kier molecular flexibility index (Phi) is 7.66. The number of hydrogen-bond acceptors (Lipinski definition) is 2. The smallest absolute Gasteiger partial charge is 0.251 e. The lowest BCUT2D eigenvalue weighted by molar-refractivity contribution is -0.131. The highest BCUT2D eigenvalue weighted by atomic mass is 19.1. The molecule has 4 nitrogen and oxygen atoms in total. The molecule has 0 spiro atoms. The van der Waals surface area contributed by atoms with Gasteiger partial charge in [-0.2, -0.15) is 0 Å². The summed E-state index contributed by atoms with van der Waals surface area (Å²) in [5, 5.41) is 0. The van der Waals surface area contributed by atoms with E-state index < -0.39 is 0 Å². The summed E-state index contributed by atoms with van der Waals surface area (Å²) in [6.45, 7) is 1.04. The third-order valence-corrected chi connectivity index (χ3v) is 5.86. The standard InChI is InChI=1S/C29H27FN2O2/c30-26-16-14-25(15-17-26)27-12-7-13-28(33)32(27)22-29(34)31(20-18-23-8-3-1-4-9-23)21-19-24-10-5-2-6-11-24/h1-17H,18-22H2. The normalized spacial score (nSPS) is 10.7. The van der Waals surface area contributed by atoms with Gasteiger partial charge in [0.15, 0.2) is 0 Å². The van der Waals surface area contributed by atoms with Gasteiger partial charge >= 0.3 is 0 Å². The second kappa shape index (κ2) is 11.2. The van der Waals surface area contributed by atoms with Gasteiger partial charge in [0, 0.05) is 19.2 Å². The zero-order valence-corrected chi connectivity index (χ0v) is 18.9. The largest absolute Gasteiger partial charge is 0.340 e. The van der Waals surface area contributed by atoms with Gasteiger partial charge in [-0.05, 0) is 59.9 Å². The lowest BCUT2D eigenvalue weighted by Crippen LogP contribution is -2.39. The van der Waals surface area contributed by atoms with Crippen molar-refractivity contribution in [1.82, 2.24) is 9.47 Å². The van der Waals surface area contributed by atoms with Gasteiger partial charge in [-0.25, -0.2) is 4.39 Å². The van der Waals surface area contributed by atoms with Gasteiger partial charge in [0.1, 0.15) is 12.4 Å². The summed E-state index contributed by atoms with van der Waals surface area (Å²) in [7, 11) is 0. The van der Waals surface area contributed by atoms with Crippen molar-refractivity contribution in [3.05, 3.63) is 130 Å². The van der Waals surface area contributed by atoms with Crippen LogP contribution in [-0.4, -0.2) is 28.5 Å². The van der Waals surface area contributed by atoms with Gasteiger partial charge in [-0.1, -0.05) is 66.7 Å². The second-order valence-electron chi connectivity index (χ2n) is 8.19. The minimum Gasteiger partial charge on any atom is -0.340 e. The fourth-order valence-corrected chi connectivity index (χ4v) is 3.97. The van der Waals surface area contributed by atoms with Crippen molar-refractivity contribution in [3.63, 3.8) is 0 Å². The Morgan fingerprint density at radius 3 is 1.82 bits per heavy atom. The Morgan fingerprint density at radius 1 is 0.706 bits per heavy atom.